The van der Waals surface area contributed by atoms with Gasteiger partial charge in [-0.25, -0.2) is 4.39 Å². The lowest BCUT2D eigenvalue weighted by atomic mass is 10.1. The molecular weight excluding hydrogens is 291 g/mol. The van der Waals surface area contributed by atoms with Crippen molar-refractivity contribution in [1.29, 1.82) is 0 Å². The van der Waals surface area contributed by atoms with Crippen LogP contribution in [0.25, 0.3) is 0 Å². The molecule has 0 heterocycles. The Morgan fingerprint density at radius 1 is 1.43 bits per heavy atom. The largest absolute Gasteiger partial charge is 0.325 e. The molecule has 1 aliphatic carbocycles. The minimum atomic E-state index is -0.482. The number of carbonyl (C=O) groups excluding carboxylic acids is 1. The van der Waals surface area contributed by atoms with Gasteiger partial charge in [0.1, 0.15) is 5.82 Å². The van der Waals surface area contributed by atoms with Crippen molar-refractivity contribution in [3.63, 3.8) is 0 Å². The molecule has 2 rings (SSSR count). The molecule has 1 aromatic rings. The normalized spacial score (nSPS) is 15.9. The Labute approximate surface area is 130 Å². The SMILES string of the molecule is CC(C)N(CC(=O)Nc1ccc(F)c(Cl)c1)C1CCCC1. The molecule has 1 aliphatic rings. The van der Waals surface area contributed by atoms with Crippen molar-refractivity contribution in [1.82, 2.24) is 4.90 Å². The smallest absolute Gasteiger partial charge is 0.238 e. The van der Waals surface area contributed by atoms with Crippen LogP contribution < -0.4 is 5.32 Å². The van der Waals surface area contributed by atoms with Crippen LogP contribution in [0.15, 0.2) is 18.2 Å². The number of hydrogen-bond acceptors (Lipinski definition) is 2. The first-order valence-electron chi connectivity index (χ1n) is 7.48. The zero-order valence-corrected chi connectivity index (χ0v) is 13.3. The maximum absolute atomic E-state index is 13.1. The zero-order chi connectivity index (χ0) is 15.4. The highest BCUT2D eigenvalue weighted by atomic mass is 35.5. The summed E-state index contributed by atoms with van der Waals surface area (Å²) in [6, 6.07) is 5.04. The van der Waals surface area contributed by atoms with Crippen LogP contribution in [0.3, 0.4) is 0 Å². The Morgan fingerprint density at radius 3 is 2.67 bits per heavy atom. The topological polar surface area (TPSA) is 32.3 Å². The highest BCUT2D eigenvalue weighted by Gasteiger charge is 2.26. The van der Waals surface area contributed by atoms with Crippen molar-refractivity contribution in [2.45, 2.75) is 51.6 Å². The summed E-state index contributed by atoms with van der Waals surface area (Å²) >= 11 is 5.72. The fraction of sp³-hybridized carbons (Fsp3) is 0.562. The molecule has 1 fully saturated rings. The van der Waals surface area contributed by atoms with E-state index in [0.717, 1.165) is 12.8 Å². The molecule has 21 heavy (non-hydrogen) atoms. The number of nitrogens with one attached hydrogen (secondary N) is 1. The second-order valence-corrected chi connectivity index (χ2v) is 6.29. The fourth-order valence-electron chi connectivity index (χ4n) is 2.91. The lowest BCUT2D eigenvalue weighted by Crippen LogP contribution is -2.43. The Morgan fingerprint density at radius 2 is 2.10 bits per heavy atom. The van der Waals surface area contributed by atoms with Gasteiger partial charge in [-0.1, -0.05) is 24.4 Å². The Balaban J connectivity index is 1.96. The summed E-state index contributed by atoms with van der Waals surface area (Å²) < 4.78 is 13.1. The van der Waals surface area contributed by atoms with E-state index in [0.29, 0.717) is 24.3 Å². The van der Waals surface area contributed by atoms with Crippen molar-refractivity contribution in [2.75, 3.05) is 11.9 Å². The standard InChI is InChI=1S/C16H22ClFN2O/c1-11(2)20(13-5-3-4-6-13)10-16(21)19-12-7-8-15(18)14(17)9-12/h7-9,11,13H,3-6,10H2,1-2H3,(H,19,21). The molecule has 0 atom stereocenters. The molecule has 5 heteroatoms. The van der Waals surface area contributed by atoms with E-state index >= 15 is 0 Å². The lowest BCUT2D eigenvalue weighted by molar-refractivity contribution is -0.118. The third-order valence-corrected chi connectivity index (χ3v) is 4.28. The van der Waals surface area contributed by atoms with E-state index in [1.165, 1.54) is 31.0 Å². The predicted molar refractivity (Wildman–Crippen MR) is 84.1 cm³/mol. The monoisotopic (exact) mass is 312 g/mol. The highest BCUT2D eigenvalue weighted by molar-refractivity contribution is 6.31. The molecule has 3 nitrogen and oxygen atoms in total. The summed E-state index contributed by atoms with van der Waals surface area (Å²) in [5, 5.41) is 2.80. The van der Waals surface area contributed by atoms with Crippen molar-refractivity contribution in [3.8, 4) is 0 Å². The van der Waals surface area contributed by atoms with Crippen LogP contribution in [-0.4, -0.2) is 29.4 Å². The number of hydrogen-bond donors (Lipinski definition) is 1. The van der Waals surface area contributed by atoms with E-state index < -0.39 is 5.82 Å². The van der Waals surface area contributed by atoms with Gasteiger partial charge >= 0.3 is 0 Å². The summed E-state index contributed by atoms with van der Waals surface area (Å²) in [7, 11) is 0. The first-order valence-corrected chi connectivity index (χ1v) is 7.86. The van der Waals surface area contributed by atoms with Crippen LogP contribution in [0, 0.1) is 5.82 Å². The van der Waals surface area contributed by atoms with E-state index in [1.54, 1.807) is 0 Å². The van der Waals surface area contributed by atoms with Crippen LogP contribution in [0.2, 0.25) is 5.02 Å². The molecule has 0 saturated heterocycles. The third-order valence-electron chi connectivity index (χ3n) is 3.99. The number of carbonyl (C=O) groups is 1. The predicted octanol–water partition coefficient (Wildman–Crippen LogP) is 4.07. The fourth-order valence-corrected chi connectivity index (χ4v) is 3.09. The third kappa shape index (κ3) is 4.42. The van der Waals surface area contributed by atoms with E-state index in [4.69, 9.17) is 11.6 Å². The highest BCUT2D eigenvalue weighted by Crippen LogP contribution is 2.25. The molecule has 116 valence electrons. The summed E-state index contributed by atoms with van der Waals surface area (Å²) in [6.45, 7) is 4.58. The van der Waals surface area contributed by atoms with Crippen molar-refractivity contribution in [3.05, 3.63) is 29.0 Å². The molecule has 0 bridgehead atoms. The number of anilines is 1. The Bertz CT molecular complexity index is 501. The molecular formula is C16H22ClFN2O. The van der Waals surface area contributed by atoms with Gasteiger partial charge in [0.15, 0.2) is 0 Å². The maximum atomic E-state index is 13.1. The van der Waals surface area contributed by atoms with Crippen molar-refractivity contribution < 1.29 is 9.18 Å². The minimum Gasteiger partial charge on any atom is -0.325 e. The van der Waals surface area contributed by atoms with Gasteiger partial charge < -0.3 is 5.32 Å². The first kappa shape index (κ1) is 16.2. The van der Waals surface area contributed by atoms with E-state index in [1.807, 2.05) is 0 Å². The lowest BCUT2D eigenvalue weighted by Gasteiger charge is -2.31. The van der Waals surface area contributed by atoms with E-state index in [2.05, 4.69) is 24.1 Å². The molecule has 0 aliphatic heterocycles. The van der Waals surface area contributed by atoms with Crippen LogP contribution >= 0.6 is 11.6 Å². The second-order valence-electron chi connectivity index (χ2n) is 5.88. The Hall–Kier alpha value is -1.13. The van der Waals surface area contributed by atoms with Crippen molar-refractivity contribution in [2.24, 2.45) is 0 Å². The van der Waals surface area contributed by atoms with Crippen LogP contribution in [0.1, 0.15) is 39.5 Å². The minimum absolute atomic E-state index is 0.0179. The summed E-state index contributed by atoms with van der Waals surface area (Å²) in [5.41, 5.74) is 0.529. The average molecular weight is 313 g/mol. The molecule has 1 saturated carbocycles. The van der Waals surface area contributed by atoms with Gasteiger partial charge in [0, 0.05) is 17.8 Å². The molecule has 0 unspecified atom stereocenters. The van der Waals surface area contributed by atoms with Gasteiger partial charge in [0.05, 0.1) is 11.6 Å². The molecule has 0 aromatic heterocycles. The number of amides is 1. The number of halogens is 2. The average Bonchev–Trinajstić information content (AvgIpc) is 2.93. The summed E-state index contributed by atoms with van der Waals surface area (Å²) in [6.07, 6.45) is 4.80. The second kappa shape index (κ2) is 7.23. The van der Waals surface area contributed by atoms with Crippen LogP contribution in [0.4, 0.5) is 10.1 Å². The summed E-state index contributed by atoms with van der Waals surface area (Å²) in [5.74, 6) is -0.567. The van der Waals surface area contributed by atoms with Gasteiger partial charge in [-0.05, 0) is 44.9 Å². The van der Waals surface area contributed by atoms with Crippen LogP contribution in [0.5, 0.6) is 0 Å². The van der Waals surface area contributed by atoms with Gasteiger partial charge in [-0.3, -0.25) is 9.69 Å². The Kier molecular flexibility index (Phi) is 5.59. The van der Waals surface area contributed by atoms with Gasteiger partial charge in [-0.2, -0.15) is 0 Å². The first-order chi connectivity index (χ1) is 9.97. The molecule has 1 aromatic carbocycles. The van der Waals surface area contributed by atoms with Crippen molar-refractivity contribution >= 4 is 23.2 Å². The number of rotatable bonds is 5. The number of benzene rings is 1. The summed E-state index contributed by atoms with van der Waals surface area (Å²) in [4.78, 5) is 14.4. The number of nitrogens with zero attached hydrogens (tertiary/aromatic N) is 1. The van der Waals surface area contributed by atoms with E-state index in [-0.39, 0.29) is 10.9 Å². The molecule has 1 N–H and O–H groups in total. The van der Waals surface area contributed by atoms with Gasteiger partial charge in [0.25, 0.3) is 0 Å². The van der Waals surface area contributed by atoms with Gasteiger partial charge in [-0.15, -0.1) is 0 Å². The zero-order valence-electron chi connectivity index (χ0n) is 12.5. The molecule has 0 spiro atoms. The maximum Gasteiger partial charge on any atom is 0.238 e. The molecule has 1 amide bonds. The van der Waals surface area contributed by atoms with Gasteiger partial charge in [0.2, 0.25) is 5.91 Å². The molecule has 0 radical (unpaired) electrons. The van der Waals surface area contributed by atoms with Crippen LogP contribution in [-0.2, 0) is 4.79 Å². The van der Waals surface area contributed by atoms with E-state index in [9.17, 15) is 9.18 Å². The quantitative estimate of drug-likeness (QED) is 0.889.